The van der Waals surface area contributed by atoms with Crippen LogP contribution in [0.3, 0.4) is 0 Å². The number of sulfonamides is 1. The molecular formula is C14H20ClFN2O2S. The zero-order valence-corrected chi connectivity index (χ0v) is 13.6. The van der Waals surface area contributed by atoms with Crippen molar-refractivity contribution in [1.29, 1.82) is 0 Å². The molecule has 0 atom stereocenters. The lowest BCUT2D eigenvalue weighted by Gasteiger charge is -2.33. The molecule has 1 aromatic carbocycles. The normalized spacial score (nSPS) is 17.3. The molecule has 21 heavy (non-hydrogen) atoms. The summed E-state index contributed by atoms with van der Waals surface area (Å²) in [6.07, 6.45) is 2.16. The number of nitrogens with one attached hydrogen (secondary N) is 1. The molecule has 4 nitrogen and oxygen atoms in total. The van der Waals surface area contributed by atoms with E-state index < -0.39 is 15.8 Å². The number of nitrogens with zero attached hydrogens (tertiary/aromatic N) is 1. The Morgan fingerprint density at radius 2 is 2.05 bits per heavy atom. The van der Waals surface area contributed by atoms with Gasteiger partial charge in [-0.2, -0.15) is 4.31 Å². The summed E-state index contributed by atoms with van der Waals surface area (Å²) < 4.78 is 41.0. The summed E-state index contributed by atoms with van der Waals surface area (Å²) in [5.41, 5.74) is 0. The maximum atomic E-state index is 14.0. The first-order valence-electron chi connectivity index (χ1n) is 7.14. The molecule has 1 heterocycles. The van der Waals surface area contributed by atoms with Gasteiger partial charge in [0.15, 0.2) is 0 Å². The van der Waals surface area contributed by atoms with Crippen molar-refractivity contribution in [3.63, 3.8) is 0 Å². The van der Waals surface area contributed by atoms with Gasteiger partial charge in [0.2, 0.25) is 10.0 Å². The van der Waals surface area contributed by atoms with E-state index in [4.69, 9.17) is 11.6 Å². The number of benzene rings is 1. The summed E-state index contributed by atoms with van der Waals surface area (Å²) in [5.74, 6) is -0.755. The van der Waals surface area contributed by atoms with Crippen molar-refractivity contribution in [3.05, 3.63) is 29.0 Å². The van der Waals surface area contributed by atoms with Crippen LogP contribution in [0.25, 0.3) is 0 Å². The molecule has 1 fully saturated rings. The maximum Gasteiger partial charge on any atom is 0.246 e. The molecule has 118 valence electrons. The minimum atomic E-state index is -3.87. The van der Waals surface area contributed by atoms with Gasteiger partial charge >= 0.3 is 0 Å². The average Bonchev–Trinajstić information content (AvgIpc) is 2.48. The van der Waals surface area contributed by atoms with Gasteiger partial charge in [0.05, 0.1) is 0 Å². The van der Waals surface area contributed by atoms with Gasteiger partial charge in [-0.05, 0) is 50.6 Å². The van der Waals surface area contributed by atoms with E-state index in [-0.39, 0.29) is 16.0 Å². The van der Waals surface area contributed by atoms with Gasteiger partial charge < -0.3 is 5.32 Å². The topological polar surface area (TPSA) is 49.4 Å². The Labute approximate surface area is 130 Å². The lowest BCUT2D eigenvalue weighted by molar-refractivity contribution is 0.261. The Hall–Kier alpha value is -0.690. The molecule has 1 aliphatic rings. The highest BCUT2D eigenvalue weighted by molar-refractivity contribution is 7.89. The van der Waals surface area contributed by atoms with Gasteiger partial charge in [0.25, 0.3) is 0 Å². The summed E-state index contributed by atoms with van der Waals surface area (Å²) in [5, 5.41) is 3.43. The molecule has 0 aliphatic carbocycles. The molecule has 0 bridgehead atoms. The second-order valence-electron chi connectivity index (χ2n) is 5.17. The van der Waals surface area contributed by atoms with Crippen LogP contribution in [0.15, 0.2) is 23.1 Å². The van der Waals surface area contributed by atoms with Crippen LogP contribution in [0.1, 0.15) is 26.2 Å². The van der Waals surface area contributed by atoms with Crippen molar-refractivity contribution in [2.24, 2.45) is 0 Å². The van der Waals surface area contributed by atoms with E-state index >= 15 is 0 Å². The lowest BCUT2D eigenvalue weighted by atomic mass is 10.1. The van der Waals surface area contributed by atoms with Gasteiger partial charge in [-0.1, -0.05) is 18.5 Å². The highest BCUT2D eigenvalue weighted by Gasteiger charge is 2.33. The number of halogens is 2. The van der Waals surface area contributed by atoms with Crippen molar-refractivity contribution in [3.8, 4) is 0 Å². The quantitative estimate of drug-likeness (QED) is 0.900. The SMILES string of the molecule is CCCN(C1CCNCC1)S(=O)(=O)c1cc(Cl)ccc1F. The van der Waals surface area contributed by atoms with Gasteiger partial charge in [-0.3, -0.25) is 0 Å². The van der Waals surface area contributed by atoms with Gasteiger partial charge in [-0.25, -0.2) is 12.8 Å². The van der Waals surface area contributed by atoms with Crippen LogP contribution in [0, 0.1) is 5.82 Å². The third kappa shape index (κ3) is 3.74. The van der Waals surface area contributed by atoms with Crippen LogP contribution < -0.4 is 5.32 Å². The van der Waals surface area contributed by atoms with Crippen LogP contribution >= 0.6 is 11.6 Å². The highest BCUT2D eigenvalue weighted by Crippen LogP contribution is 2.27. The molecule has 1 aliphatic heterocycles. The summed E-state index contributed by atoms with van der Waals surface area (Å²) >= 11 is 5.83. The Kier molecular flexibility index (Phi) is 5.60. The predicted octanol–water partition coefficient (Wildman–Crippen LogP) is 2.63. The molecule has 0 saturated carbocycles. The zero-order chi connectivity index (χ0) is 15.5. The molecule has 0 spiro atoms. The number of rotatable bonds is 5. The van der Waals surface area contributed by atoms with Crippen molar-refractivity contribution in [2.45, 2.75) is 37.1 Å². The molecule has 0 unspecified atom stereocenters. The van der Waals surface area contributed by atoms with Crippen molar-refractivity contribution >= 4 is 21.6 Å². The van der Waals surface area contributed by atoms with Crippen molar-refractivity contribution in [1.82, 2.24) is 9.62 Å². The van der Waals surface area contributed by atoms with Gasteiger partial charge in [0, 0.05) is 17.6 Å². The van der Waals surface area contributed by atoms with Gasteiger partial charge in [0.1, 0.15) is 10.7 Å². The van der Waals surface area contributed by atoms with Crippen LogP contribution in [0.2, 0.25) is 5.02 Å². The second kappa shape index (κ2) is 7.05. The van der Waals surface area contributed by atoms with E-state index in [1.165, 1.54) is 16.4 Å². The van der Waals surface area contributed by atoms with Crippen LogP contribution in [0.5, 0.6) is 0 Å². The van der Waals surface area contributed by atoms with Crippen LogP contribution in [0.4, 0.5) is 4.39 Å². The van der Waals surface area contributed by atoms with Gasteiger partial charge in [-0.15, -0.1) is 0 Å². The smallest absolute Gasteiger partial charge is 0.246 e. The Bertz CT molecular complexity index is 589. The summed E-state index contributed by atoms with van der Waals surface area (Å²) in [6.45, 7) is 3.85. The molecule has 7 heteroatoms. The largest absolute Gasteiger partial charge is 0.317 e. The molecule has 1 N–H and O–H groups in total. The molecule has 2 rings (SSSR count). The fourth-order valence-corrected chi connectivity index (χ4v) is 4.72. The third-order valence-electron chi connectivity index (χ3n) is 3.64. The molecule has 0 radical (unpaired) electrons. The third-order valence-corrected chi connectivity index (χ3v) is 5.84. The van der Waals surface area contributed by atoms with E-state index in [0.29, 0.717) is 13.0 Å². The minimum absolute atomic E-state index is 0.0884. The van der Waals surface area contributed by atoms with Crippen LogP contribution in [-0.4, -0.2) is 38.4 Å². The fraction of sp³-hybridized carbons (Fsp3) is 0.571. The number of hydrogen-bond donors (Lipinski definition) is 1. The Balaban J connectivity index is 2.39. The van der Waals surface area contributed by atoms with E-state index in [9.17, 15) is 12.8 Å². The maximum absolute atomic E-state index is 14.0. The van der Waals surface area contributed by atoms with Crippen LogP contribution in [-0.2, 0) is 10.0 Å². The minimum Gasteiger partial charge on any atom is -0.317 e. The molecule has 1 aromatic rings. The lowest BCUT2D eigenvalue weighted by Crippen LogP contribution is -2.46. The molecule has 0 amide bonds. The first-order valence-corrected chi connectivity index (χ1v) is 8.96. The Morgan fingerprint density at radius 1 is 1.38 bits per heavy atom. The number of hydrogen-bond acceptors (Lipinski definition) is 3. The van der Waals surface area contributed by atoms with Crippen molar-refractivity contribution < 1.29 is 12.8 Å². The van der Waals surface area contributed by atoms with E-state index in [2.05, 4.69) is 5.32 Å². The van der Waals surface area contributed by atoms with E-state index in [1.54, 1.807) is 0 Å². The van der Waals surface area contributed by atoms with E-state index in [0.717, 1.165) is 32.0 Å². The first kappa shape index (κ1) is 16.7. The standard InChI is InChI=1S/C14H20ClFN2O2S/c1-2-9-18(12-5-7-17-8-6-12)21(19,20)14-10-11(15)3-4-13(14)16/h3-4,10,12,17H,2,5-9H2,1H3. The second-order valence-corrected chi connectivity index (χ2v) is 7.47. The monoisotopic (exact) mass is 334 g/mol. The Morgan fingerprint density at radius 3 is 2.67 bits per heavy atom. The molecular weight excluding hydrogens is 315 g/mol. The van der Waals surface area contributed by atoms with Crippen molar-refractivity contribution in [2.75, 3.05) is 19.6 Å². The molecule has 0 aromatic heterocycles. The highest BCUT2D eigenvalue weighted by atomic mass is 35.5. The summed E-state index contributed by atoms with van der Waals surface area (Å²) in [6, 6.07) is 3.55. The summed E-state index contributed by atoms with van der Waals surface area (Å²) in [4.78, 5) is -0.331. The molecule has 1 saturated heterocycles. The fourth-order valence-electron chi connectivity index (χ4n) is 2.62. The summed E-state index contributed by atoms with van der Waals surface area (Å²) in [7, 11) is -3.87. The zero-order valence-electron chi connectivity index (χ0n) is 12.0. The first-order chi connectivity index (χ1) is 9.96. The predicted molar refractivity (Wildman–Crippen MR) is 81.5 cm³/mol. The van der Waals surface area contributed by atoms with E-state index in [1.807, 2.05) is 6.92 Å². The average molecular weight is 335 g/mol. The number of piperidine rings is 1.